The zero-order valence-corrected chi connectivity index (χ0v) is 17.1. The van der Waals surface area contributed by atoms with Crippen LogP contribution in [-0.2, 0) is 6.54 Å². The normalized spacial score (nSPS) is 16.7. The Bertz CT molecular complexity index is 549. The Morgan fingerprint density at radius 3 is 2.56 bits per heavy atom. The lowest BCUT2D eigenvalue weighted by molar-refractivity contribution is 0.0553. The number of nitrogens with zero attached hydrogens (tertiary/aromatic N) is 2. The molecule has 2 N–H and O–H groups in total. The van der Waals surface area contributed by atoms with Crippen molar-refractivity contribution < 1.29 is 19.7 Å². The van der Waals surface area contributed by atoms with Crippen LogP contribution >= 0.6 is 0 Å². The third kappa shape index (κ3) is 7.30. The highest BCUT2D eigenvalue weighted by Crippen LogP contribution is 2.29. The van der Waals surface area contributed by atoms with E-state index in [1.807, 2.05) is 30.1 Å². The largest absolute Gasteiger partial charge is 0.493 e. The van der Waals surface area contributed by atoms with Gasteiger partial charge in [0.05, 0.1) is 13.7 Å². The van der Waals surface area contributed by atoms with Crippen molar-refractivity contribution in [3.63, 3.8) is 0 Å². The smallest absolute Gasteiger partial charge is 0.161 e. The molecule has 0 aromatic heterocycles. The molecule has 0 heterocycles. The fourth-order valence-electron chi connectivity index (χ4n) is 3.73. The van der Waals surface area contributed by atoms with Crippen molar-refractivity contribution in [3.05, 3.63) is 23.8 Å². The molecule has 2 rings (SSSR count). The minimum atomic E-state index is -0.531. The maximum absolute atomic E-state index is 10.4. The molecule has 0 amide bonds. The lowest BCUT2D eigenvalue weighted by Crippen LogP contribution is -2.40. The van der Waals surface area contributed by atoms with E-state index in [0.29, 0.717) is 30.6 Å². The van der Waals surface area contributed by atoms with Gasteiger partial charge in [-0.15, -0.1) is 0 Å². The van der Waals surface area contributed by atoms with Gasteiger partial charge in [-0.25, -0.2) is 0 Å². The second-order valence-electron chi connectivity index (χ2n) is 7.64. The highest BCUT2D eigenvalue weighted by Gasteiger charge is 2.20. The van der Waals surface area contributed by atoms with E-state index in [9.17, 15) is 5.11 Å². The monoisotopic (exact) mass is 380 g/mol. The standard InChI is InChI=1S/C21H36N2O4/c1-22(11-12-24)14-17-9-10-20(21(13-17)26-3)27-16-19(25)15-23(2)18-7-5-4-6-8-18/h9-10,13,18-19,24-25H,4-8,11-12,14-16H2,1-3H3. The summed E-state index contributed by atoms with van der Waals surface area (Å²) >= 11 is 0. The molecule has 6 nitrogen and oxygen atoms in total. The van der Waals surface area contributed by atoms with Crippen molar-refractivity contribution in [3.8, 4) is 11.5 Å². The minimum absolute atomic E-state index is 0.141. The number of hydrogen-bond acceptors (Lipinski definition) is 6. The van der Waals surface area contributed by atoms with Gasteiger partial charge in [-0.1, -0.05) is 25.3 Å². The summed E-state index contributed by atoms with van der Waals surface area (Å²) in [7, 11) is 5.68. The van der Waals surface area contributed by atoms with Gasteiger partial charge in [0.2, 0.25) is 0 Å². The highest BCUT2D eigenvalue weighted by atomic mass is 16.5. The summed E-state index contributed by atoms with van der Waals surface area (Å²) in [6.45, 7) is 2.36. The second kappa shape index (κ2) is 11.5. The molecule has 27 heavy (non-hydrogen) atoms. The third-order valence-corrected chi connectivity index (χ3v) is 5.29. The van der Waals surface area contributed by atoms with Crippen molar-refractivity contribution in [2.45, 2.75) is 50.8 Å². The van der Waals surface area contributed by atoms with Crippen LogP contribution in [0.2, 0.25) is 0 Å². The fraction of sp³-hybridized carbons (Fsp3) is 0.714. The topological polar surface area (TPSA) is 65.4 Å². The van der Waals surface area contributed by atoms with Crippen LogP contribution in [0.3, 0.4) is 0 Å². The third-order valence-electron chi connectivity index (χ3n) is 5.29. The molecule has 1 aliphatic rings. The molecule has 1 fully saturated rings. The first-order chi connectivity index (χ1) is 13.0. The van der Waals surface area contributed by atoms with Gasteiger partial charge in [0.1, 0.15) is 12.7 Å². The number of likely N-dealkylation sites (N-methyl/N-ethyl adjacent to an activating group) is 2. The van der Waals surface area contributed by atoms with E-state index >= 15 is 0 Å². The van der Waals surface area contributed by atoms with Gasteiger partial charge >= 0.3 is 0 Å². The zero-order chi connectivity index (χ0) is 19.6. The first-order valence-electron chi connectivity index (χ1n) is 10.0. The number of hydrogen-bond donors (Lipinski definition) is 2. The van der Waals surface area contributed by atoms with Crippen molar-refractivity contribution in [1.82, 2.24) is 9.80 Å². The molecule has 1 aromatic carbocycles. The quantitative estimate of drug-likeness (QED) is 0.613. The van der Waals surface area contributed by atoms with E-state index < -0.39 is 6.10 Å². The van der Waals surface area contributed by atoms with Crippen molar-refractivity contribution in [2.75, 3.05) is 47.5 Å². The van der Waals surface area contributed by atoms with E-state index in [4.69, 9.17) is 14.6 Å². The van der Waals surface area contributed by atoms with Gasteiger partial charge in [-0.3, -0.25) is 4.90 Å². The fourth-order valence-corrected chi connectivity index (χ4v) is 3.73. The van der Waals surface area contributed by atoms with Crippen molar-refractivity contribution in [2.24, 2.45) is 0 Å². The molecule has 0 radical (unpaired) electrons. The van der Waals surface area contributed by atoms with Crippen LogP contribution in [0, 0.1) is 0 Å². The van der Waals surface area contributed by atoms with Gasteiger partial charge in [0, 0.05) is 25.7 Å². The van der Waals surface area contributed by atoms with Crippen molar-refractivity contribution >= 4 is 0 Å². The number of aliphatic hydroxyl groups is 2. The van der Waals surface area contributed by atoms with E-state index in [1.165, 1.54) is 32.1 Å². The number of benzene rings is 1. The van der Waals surface area contributed by atoms with Crippen LogP contribution < -0.4 is 9.47 Å². The molecule has 154 valence electrons. The maximum Gasteiger partial charge on any atom is 0.161 e. The van der Waals surface area contributed by atoms with E-state index in [0.717, 1.165) is 12.1 Å². The van der Waals surface area contributed by atoms with E-state index in [-0.39, 0.29) is 13.2 Å². The molecule has 0 bridgehead atoms. The SMILES string of the molecule is COc1cc(CN(C)CCO)ccc1OCC(O)CN(C)C1CCCCC1. The van der Waals surface area contributed by atoms with Crippen LogP contribution in [0.4, 0.5) is 0 Å². The Kier molecular flexibility index (Phi) is 9.34. The number of aliphatic hydroxyl groups excluding tert-OH is 2. The van der Waals surface area contributed by atoms with Crippen LogP contribution in [0.15, 0.2) is 18.2 Å². The van der Waals surface area contributed by atoms with Gasteiger partial charge in [-0.2, -0.15) is 0 Å². The Labute approximate surface area is 163 Å². The number of ether oxygens (including phenoxy) is 2. The number of methoxy groups -OCH3 is 1. The Balaban J connectivity index is 1.84. The second-order valence-corrected chi connectivity index (χ2v) is 7.64. The molecular formula is C21H36N2O4. The molecule has 1 aromatic rings. The van der Waals surface area contributed by atoms with Gasteiger partial charge in [0.15, 0.2) is 11.5 Å². The van der Waals surface area contributed by atoms with E-state index in [2.05, 4.69) is 11.9 Å². The van der Waals surface area contributed by atoms with E-state index in [1.54, 1.807) is 7.11 Å². The predicted molar refractivity (Wildman–Crippen MR) is 107 cm³/mol. The summed E-state index contributed by atoms with van der Waals surface area (Å²) < 4.78 is 11.3. The number of rotatable bonds is 11. The average Bonchev–Trinajstić information content (AvgIpc) is 2.67. The van der Waals surface area contributed by atoms with Gasteiger partial charge in [-0.05, 0) is 44.6 Å². The van der Waals surface area contributed by atoms with Gasteiger partial charge in [0.25, 0.3) is 0 Å². The minimum Gasteiger partial charge on any atom is -0.493 e. The lowest BCUT2D eigenvalue weighted by Gasteiger charge is -2.32. The average molecular weight is 381 g/mol. The van der Waals surface area contributed by atoms with Crippen LogP contribution in [0.1, 0.15) is 37.7 Å². The summed E-state index contributed by atoms with van der Waals surface area (Å²) in [5.41, 5.74) is 1.09. The maximum atomic E-state index is 10.4. The first-order valence-corrected chi connectivity index (χ1v) is 10.0. The summed E-state index contributed by atoms with van der Waals surface area (Å²) in [5.74, 6) is 1.31. The molecule has 1 aliphatic carbocycles. The van der Waals surface area contributed by atoms with Gasteiger partial charge < -0.3 is 24.6 Å². The summed E-state index contributed by atoms with van der Waals surface area (Å²) in [5, 5.41) is 19.4. The molecule has 6 heteroatoms. The Hall–Kier alpha value is -1.34. The molecule has 0 saturated heterocycles. The van der Waals surface area contributed by atoms with Crippen LogP contribution in [0.25, 0.3) is 0 Å². The molecule has 1 unspecified atom stereocenters. The molecule has 1 saturated carbocycles. The van der Waals surface area contributed by atoms with Crippen LogP contribution in [0.5, 0.6) is 11.5 Å². The summed E-state index contributed by atoms with van der Waals surface area (Å²) in [6, 6.07) is 6.41. The molecule has 1 atom stereocenters. The molecule has 0 aliphatic heterocycles. The predicted octanol–water partition coefficient (Wildman–Crippen LogP) is 2.12. The molecular weight excluding hydrogens is 344 g/mol. The van der Waals surface area contributed by atoms with Crippen molar-refractivity contribution in [1.29, 1.82) is 0 Å². The summed E-state index contributed by atoms with van der Waals surface area (Å²) in [6.07, 6.45) is 5.84. The lowest BCUT2D eigenvalue weighted by atomic mass is 9.94. The zero-order valence-electron chi connectivity index (χ0n) is 17.1. The molecule has 0 spiro atoms. The van der Waals surface area contributed by atoms with Crippen LogP contribution in [-0.4, -0.2) is 79.7 Å². The Morgan fingerprint density at radius 2 is 1.89 bits per heavy atom. The Morgan fingerprint density at radius 1 is 1.15 bits per heavy atom. The summed E-state index contributed by atoms with van der Waals surface area (Å²) in [4.78, 5) is 4.31. The highest BCUT2D eigenvalue weighted by molar-refractivity contribution is 5.43. The first kappa shape index (κ1) is 22.0.